The van der Waals surface area contributed by atoms with E-state index in [0.717, 1.165) is 60.6 Å². The molecular weight excluding hydrogens is 472 g/mol. The number of aryl methyl sites for hydroxylation is 1. The molecule has 37 heavy (non-hydrogen) atoms. The molecule has 0 saturated carbocycles. The van der Waals surface area contributed by atoms with Crippen molar-refractivity contribution in [2.75, 3.05) is 26.9 Å². The van der Waals surface area contributed by atoms with Gasteiger partial charge in [0.15, 0.2) is 0 Å². The highest BCUT2D eigenvalue weighted by molar-refractivity contribution is 5.81. The van der Waals surface area contributed by atoms with Gasteiger partial charge in [0, 0.05) is 50.7 Å². The molecule has 1 fully saturated rings. The van der Waals surface area contributed by atoms with Crippen LogP contribution in [-0.4, -0.2) is 59.6 Å². The number of nitrogens with zero attached hydrogens (tertiary/aromatic N) is 2. The molecule has 2 aromatic heterocycles. The molecule has 200 valence electrons. The topological polar surface area (TPSA) is 107 Å². The van der Waals surface area contributed by atoms with Gasteiger partial charge in [-0.2, -0.15) is 0 Å². The molecule has 1 saturated heterocycles. The number of pyridine rings is 1. The highest BCUT2D eigenvalue weighted by Gasteiger charge is 2.22. The summed E-state index contributed by atoms with van der Waals surface area (Å²) in [6.07, 6.45) is 4.10. The maximum Gasteiger partial charge on any atom is 0.323 e. The van der Waals surface area contributed by atoms with Gasteiger partial charge in [0.05, 0.1) is 17.6 Å². The van der Waals surface area contributed by atoms with Gasteiger partial charge in [0.1, 0.15) is 18.0 Å². The zero-order valence-corrected chi connectivity index (χ0v) is 22.2. The molecule has 0 spiro atoms. The summed E-state index contributed by atoms with van der Waals surface area (Å²) in [6, 6.07) is 7.73. The lowest BCUT2D eigenvalue weighted by molar-refractivity contribution is -0.153. The maximum atomic E-state index is 12.5. The molecule has 2 atom stereocenters. The summed E-state index contributed by atoms with van der Waals surface area (Å²) in [7, 11) is 1.59. The average Bonchev–Trinajstić information content (AvgIpc) is 3.24. The lowest BCUT2D eigenvalue weighted by Gasteiger charge is -2.23. The van der Waals surface area contributed by atoms with Crippen LogP contribution in [0.15, 0.2) is 35.3 Å². The molecular formula is C28H38N4O5. The van der Waals surface area contributed by atoms with E-state index >= 15 is 0 Å². The number of imidazole rings is 1. The average molecular weight is 511 g/mol. The van der Waals surface area contributed by atoms with E-state index in [9.17, 15) is 9.59 Å². The van der Waals surface area contributed by atoms with Crippen molar-refractivity contribution in [3.63, 3.8) is 0 Å². The van der Waals surface area contributed by atoms with E-state index in [0.29, 0.717) is 31.1 Å². The number of hydrogen-bond acceptors (Lipinski definition) is 7. The molecule has 0 amide bonds. The Kier molecular flexibility index (Phi) is 9.13. The molecule has 0 radical (unpaired) electrons. The summed E-state index contributed by atoms with van der Waals surface area (Å²) in [5, 5.41) is 3.33. The SMILES string of the molecule is CCC(NCc1ccc2c(c1)nc(-c1c[nH]c(=O)c(C)c1)n2CC1CCOCC1)C(=O)O[C@@H](C)COC. The zero-order valence-electron chi connectivity index (χ0n) is 22.2. The molecule has 0 aliphatic carbocycles. The summed E-state index contributed by atoms with van der Waals surface area (Å²) >= 11 is 0. The second-order valence-corrected chi connectivity index (χ2v) is 9.87. The van der Waals surface area contributed by atoms with E-state index in [4.69, 9.17) is 19.2 Å². The maximum absolute atomic E-state index is 12.5. The largest absolute Gasteiger partial charge is 0.459 e. The van der Waals surface area contributed by atoms with Gasteiger partial charge in [-0.05, 0) is 62.8 Å². The Morgan fingerprint density at radius 3 is 2.78 bits per heavy atom. The van der Waals surface area contributed by atoms with E-state index in [-0.39, 0.29) is 17.6 Å². The van der Waals surface area contributed by atoms with Crippen molar-refractivity contribution in [3.8, 4) is 11.4 Å². The number of esters is 1. The summed E-state index contributed by atoms with van der Waals surface area (Å²) < 4.78 is 18.4. The Morgan fingerprint density at radius 2 is 2.08 bits per heavy atom. The Hall–Kier alpha value is -3.01. The molecule has 3 heterocycles. The predicted octanol–water partition coefficient (Wildman–Crippen LogP) is 3.57. The van der Waals surface area contributed by atoms with Crippen molar-refractivity contribution in [2.45, 2.75) is 65.3 Å². The van der Waals surface area contributed by atoms with Gasteiger partial charge in [-0.1, -0.05) is 13.0 Å². The van der Waals surface area contributed by atoms with Gasteiger partial charge < -0.3 is 29.1 Å². The molecule has 2 N–H and O–H groups in total. The standard InChI is InChI=1S/C28H38N4O5/c1-5-23(28(34)37-19(3)17-35-4)29-14-21-6-7-25-24(13-21)31-26(22-12-18(2)27(33)30-15-22)32(25)16-20-8-10-36-11-9-20/h6-7,12-13,15,19-20,23,29H,5,8-11,14,16-17H2,1-4H3,(H,30,33)/t19-,23?/m0/s1. The Labute approximate surface area is 217 Å². The van der Waals surface area contributed by atoms with E-state index in [2.05, 4.69) is 33.1 Å². The van der Waals surface area contributed by atoms with Crippen molar-refractivity contribution < 1.29 is 19.0 Å². The van der Waals surface area contributed by atoms with Crippen LogP contribution >= 0.6 is 0 Å². The lowest BCUT2D eigenvalue weighted by Crippen LogP contribution is -2.39. The first-order valence-corrected chi connectivity index (χ1v) is 13.1. The van der Waals surface area contributed by atoms with Gasteiger partial charge in [0.25, 0.3) is 5.56 Å². The number of carbonyl (C=O) groups excluding carboxylic acids is 1. The quantitative estimate of drug-likeness (QED) is 0.380. The highest BCUT2D eigenvalue weighted by Crippen LogP contribution is 2.28. The van der Waals surface area contributed by atoms with Crippen LogP contribution in [0.3, 0.4) is 0 Å². The molecule has 1 unspecified atom stereocenters. The normalized spacial score (nSPS) is 16.1. The molecule has 1 aliphatic heterocycles. The van der Waals surface area contributed by atoms with Crippen LogP contribution in [-0.2, 0) is 32.1 Å². The predicted molar refractivity (Wildman–Crippen MR) is 142 cm³/mol. The van der Waals surface area contributed by atoms with Crippen molar-refractivity contribution in [1.82, 2.24) is 19.9 Å². The number of carbonyl (C=O) groups is 1. The first-order chi connectivity index (χ1) is 17.9. The molecule has 9 heteroatoms. The lowest BCUT2D eigenvalue weighted by atomic mass is 10.00. The molecule has 0 bridgehead atoms. The Bertz CT molecular complexity index is 1260. The molecule has 1 aromatic carbocycles. The van der Waals surface area contributed by atoms with Gasteiger partial charge in [-0.15, -0.1) is 0 Å². The third-order valence-corrected chi connectivity index (χ3v) is 6.91. The van der Waals surface area contributed by atoms with Gasteiger partial charge >= 0.3 is 5.97 Å². The number of H-pyrrole nitrogens is 1. The highest BCUT2D eigenvalue weighted by atomic mass is 16.6. The van der Waals surface area contributed by atoms with E-state index in [1.54, 1.807) is 13.3 Å². The van der Waals surface area contributed by atoms with E-state index < -0.39 is 6.04 Å². The third-order valence-electron chi connectivity index (χ3n) is 6.91. The minimum absolute atomic E-state index is 0.0928. The second-order valence-electron chi connectivity index (χ2n) is 9.87. The molecule has 9 nitrogen and oxygen atoms in total. The number of fused-ring (bicyclic) bond motifs is 1. The van der Waals surface area contributed by atoms with Gasteiger partial charge in [-0.25, -0.2) is 4.98 Å². The number of benzene rings is 1. The summed E-state index contributed by atoms with van der Waals surface area (Å²) in [5.74, 6) is 1.07. The zero-order chi connectivity index (χ0) is 26.4. The van der Waals surface area contributed by atoms with E-state index in [1.807, 2.05) is 26.8 Å². The van der Waals surface area contributed by atoms with Crippen LogP contribution in [0.5, 0.6) is 0 Å². The summed E-state index contributed by atoms with van der Waals surface area (Å²) in [6.45, 7) is 8.88. The summed E-state index contributed by atoms with van der Waals surface area (Å²) in [5.41, 5.74) is 4.42. The molecule has 3 aromatic rings. The van der Waals surface area contributed by atoms with Gasteiger partial charge in [-0.3, -0.25) is 9.59 Å². The number of methoxy groups -OCH3 is 1. The fourth-order valence-corrected chi connectivity index (χ4v) is 4.79. The second kappa shape index (κ2) is 12.5. The van der Waals surface area contributed by atoms with Crippen LogP contribution in [0.2, 0.25) is 0 Å². The van der Waals surface area contributed by atoms with Crippen molar-refractivity contribution >= 4 is 17.0 Å². The number of aromatic amines is 1. The fraction of sp³-hybridized carbons (Fsp3) is 0.536. The first kappa shape index (κ1) is 27.0. The van der Waals surface area contributed by atoms with Crippen LogP contribution in [0, 0.1) is 12.8 Å². The molecule has 1 aliphatic rings. The van der Waals surface area contributed by atoms with Crippen molar-refractivity contribution in [2.24, 2.45) is 5.92 Å². The van der Waals surface area contributed by atoms with E-state index in [1.165, 1.54) is 0 Å². The van der Waals surface area contributed by atoms with Crippen LogP contribution in [0.25, 0.3) is 22.4 Å². The number of nitrogens with one attached hydrogen (secondary N) is 2. The van der Waals surface area contributed by atoms with Crippen molar-refractivity contribution in [1.29, 1.82) is 0 Å². The Balaban J connectivity index is 1.58. The minimum atomic E-state index is -0.402. The van der Waals surface area contributed by atoms with Crippen molar-refractivity contribution in [3.05, 3.63) is 51.9 Å². The number of ether oxygens (including phenoxy) is 3. The fourth-order valence-electron chi connectivity index (χ4n) is 4.79. The first-order valence-electron chi connectivity index (χ1n) is 13.1. The number of aromatic nitrogens is 3. The van der Waals surface area contributed by atoms with Gasteiger partial charge in [0.2, 0.25) is 0 Å². The smallest absolute Gasteiger partial charge is 0.323 e. The number of hydrogen-bond donors (Lipinski definition) is 2. The molecule has 4 rings (SSSR count). The third kappa shape index (κ3) is 6.66. The van der Waals surface area contributed by atoms with Crippen LogP contribution in [0.4, 0.5) is 0 Å². The minimum Gasteiger partial charge on any atom is -0.459 e. The summed E-state index contributed by atoms with van der Waals surface area (Å²) in [4.78, 5) is 32.4. The monoisotopic (exact) mass is 510 g/mol. The number of rotatable bonds is 11. The Morgan fingerprint density at radius 1 is 1.30 bits per heavy atom. The van der Waals surface area contributed by atoms with Crippen LogP contribution in [0.1, 0.15) is 44.2 Å². The van der Waals surface area contributed by atoms with Crippen LogP contribution < -0.4 is 10.9 Å².